The van der Waals surface area contributed by atoms with Crippen molar-refractivity contribution in [3.8, 4) is 11.5 Å². The molecular weight excluding hydrogens is 471 g/mol. The second-order valence-electron chi connectivity index (χ2n) is 7.98. The SMILES string of the molecule is C=CC(=O)OCCOc1ccc(/C=C/c2ccc(/C=C/c3ccc(OC(=O)C(=C)C)c(F)c3)cc2)cc1. The zero-order chi connectivity index (χ0) is 26.6. The minimum atomic E-state index is -0.664. The quantitative estimate of drug-likeness (QED) is 0.0961. The normalized spacial score (nSPS) is 10.9. The van der Waals surface area contributed by atoms with Crippen LogP contribution in [0.25, 0.3) is 24.3 Å². The summed E-state index contributed by atoms with van der Waals surface area (Å²) in [6.07, 6.45) is 8.76. The fourth-order valence-corrected chi connectivity index (χ4v) is 3.03. The molecule has 0 atom stereocenters. The zero-order valence-electron chi connectivity index (χ0n) is 20.5. The van der Waals surface area contributed by atoms with Crippen LogP contribution in [0, 0.1) is 5.82 Å². The van der Waals surface area contributed by atoms with Gasteiger partial charge in [0.25, 0.3) is 0 Å². The van der Waals surface area contributed by atoms with Gasteiger partial charge in [-0.1, -0.05) is 79.9 Å². The molecule has 0 saturated carbocycles. The number of ether oxygens (including phenoxy) is 3. The molecule has 0 heterocycles. The zero-order valence-corrected chi connectivity index (χ0v) is 20.5. The minimum absolute atomic E-state index is 0.130. The van der Waals surface area contributed by atoms with Crippen LogP contribution in [-0.2, 0) is 14.3 Å². The highest BCUT2D eigenvalue weighted by molar-refractivity contribution is 5.88. The Labute approximate surface area is 215 Å². The standard InChI is InChI=1S/C31H27FO5/c1-4-30(33)36-20-19-35-27-16-13-25(14-17-27)10-9-23-5-7-24(8-6-23)11-12-26-15-18-29(28(32)21-26)37-31(34)22(2)3/h4-18,21H,1-2,19-20H2,3H3/b10-9+,12-11+. The molecule has 0 aliphatic heterocycles. The Bertz CT molecular complexity index is 1320. The molecule has 3 aromatic rings. The van der Waals surface area contributed by atoms with E-state index < -0.39 is 17.8 Å². The van der Waals surface area contributed by atoms with Crippen LogP contribution in [0.2, 0.25) is 0 Å². The molecule has 0 spiro atoms. The molecule has 0 radical (unpaired) electrons. The number of carbonyl (C=O) groups excluding carboxylic acids is 2. The van der Waals surface area contributed by atoms with Crippen LogP contribution in [0.5, 0.6) is 11.5 Å². The van der Waals surface area contributed by atoms with E-state index in [0.717, 1.165) is 22.8 Å². The van der Waals surface area contributed by atoms with Gasteiger partial charge in [0.2, 0.25) is 0 Å². The fourth-order valence-electron chi connectivity index (χ4n) is 3.03. The molecule has 0 unspecified atom stereocenters. The highest BCUT2D eigenvalue weighted by Gasteiger charge is 2.10. The Morgan fingerprint density at radius 1 is 0.811 bits per heavy atom. The molecule has 188 valence electrons. The molecule has 3 aromatic carbocycles. The number of hydrogen-bond donors (Lipinski definition) is 0. The lowest BCUT2D eigenvalue weighted by atomic mass is 10.1. The third-order valence-electron chi connectivity index (χ3n) is 5.02. The summed E-state index contributed by atoms with van der Waals surface area (Å²) >= 11 is 0. The minimum Gasteiger partial charge on any atom is -0.490 e. The van der Waals surface area contributed by atoms with Crippen molar-refractivity contribution in [1.29, 1.82) is 0 Å². The number of rotatable bonds is 11. The predicted octanol–water partition coefficient (Wildman–Crippen LogP) is 6.76. The predicted molar refractivity (Wildman–Crippen MR) is 144 cm³/mol. The first-order chi connectivity index (χ1) is 17.8. The van der Waals surface area contributed by atoms with Crippen LogP contribution < -0.4 is 9.47 Å². The van der Waals surface area contributed by atoms with Gasteiger partial charge in [-0.25, -0.2) is 14.0 Å². The van der Waals surface area contributed by atoms with Gasteiger partial charge in [0.15, 0.2) is 11.6 Å². The van der Waals surface area contributed by atoms with Crippen molar-refractivity contribution < 1.29 is 28.2 Å². The number of benzene rings is 3. The lowest BCUT2D eigenvalue weighted by Crippen LogP contribution is -2.10. The van der Waals surface area contributed by atoms with Gasteiger partial charge in [-0.3, -0.25) is 0 Å². The van der Waals surface area contributed by atoms with Crippen molar-refractivity contribution in [2.45, 2.75) is 6.92 Å². The van der Waals surface area contributed by atoms with E-state index in [1.165, 1.54) is 19.1 Å². The van der Waals surface area contributed by atoms with Crippen LogP contribution in [-0.4, -0.2) is 25.2 Å². The maximum atomic E-state index is 14.2. The number of hydrogen-bond acceptors (Lipinski definition) is 5. The van der Waals surface area contributed by atoms with Gasteiger partial charge in [0, 0.05) is 11.6 Å². The number of carbonyl (C=O) groups is 2. The van der Waals surface area contributed by atoms with Crippen molar-refractivity contribution >= 4 is 36.2 Å². The Kier molecular flexibility index (Phi) is 9.74. The lowest BCUT2D eigenvalue weighted by molar-refractivity contribution is -0.138. The summed E-state index contributed by atoms with van der Waals surface area (Å²) in [6, 6.07) is 19.9. The third kappa shape index (κ3) is 8.78. The second kappa shape index (κ2) is 13.4. The first-order valence-electron chi connectivity index (χ1n) is 11.5. The summed E-state index contributed by atoms with van der Waals surface area (Å²) < 4.78 is 29.6. The van der Waals surface area contributed by atoms with Gasteiger partial charge < -0.3 is 14.2 Å². The van der Waals surface area contributed by atoms with Crippen LogP contribution in [0.4, 0.5) is 4.39 Å². The first kappa shape index (κ1) is 26.9. The molecule has 5 nitrogen and oxygen atoms in total. The Morgan fingerprint density at radius 3 is 1.84 bits per heavy atom. The average molecular weight is 499 g/mol. The second-order valence-corrected chi connectivity index (χ2v) is 7.98. The van der Waals surface area contributed by atoms with Crippen LogP contribution in [0.1, 0.15) is 29.2 Å². The monoisotopic (exact) mass is 498 g/mol. The Hall–Kier alpha value is -4.71. The van der Waals surface area contributed by atoms with Crippen molar-refractivity contribution in [3.05, 3.63) is 120 Å². The molecule has 0 bridgehead atoms. The highest BCUT2D eigenvalue weighted by atomic mass is 19.1. The van der Waals surface area contributed by atoms with E-state index in [1.807, 2.05) is 66.8 Å². The smallest absolute Gasteiger partial charge is 0.338 e. The summed E-state index contributed by atoms with van der Waals surface area (Å²) in [5.41, 5.74) is 3.83. The van der Waals surface area contributed by atoms with Crippen molar-refractivity contribution in [2.24, 2.45) is 0 Å². The maximum Gasteiger partial charge on any atom is 0.338 e. The van der Waals surface area contributed by atoms with Crippen LogP contribution >= 0.6 is 0 Å². The van der Waals surface area contributed by atoms with Crippen LogP contribution in [0.3, 0.4) is 0 Å². The molecule has 0 aliphatic rings. The largest absolute Gasteiger partial charge is 0.490 e. The van der Waals surface area contributed by atoms with E-state index in [-0.39, 0.29) is 24.5 Å². The highest BCUT2D eigenvalue weighted by Crippen LogP contribution is 2.21. The fraction of sp³-hybridized carbons (Fsp3) is 0.0968. The summed E-state index contributed by atoms with van der Waals surface area (Å²) in [4.78, 5) is 22.6. The van der Waals surface area contributed by atoms with E-state index in [9.17, 15) is 14.0 Å². The van der Waals surface area contributed by atoms with E-state index in [0.29, 0.717) is 11.3 Å². The van der Waals surface area contributed by atoms with E-state index in [1.54, 1.807) is 12.1 Å². The molecule has 0 saturated heterocycles. The van der Waals surface area contributed by atoms with Crippen LogP contribution in [0.15, 0.2) is 91.5 Å². The Balaban J connectivity index is 1.52. The maximum absolute atomic E-state index is 14.2. The van der Waals surface area contributed by atoms with E-state index >= 15 is 0 Å². The van der Waals surface area contributed by atoms with Gasteiger partial charge in [-0.2, -0.15) is 0 Å². The molecule has 3 rings (SSSR count). The summed E-state index contributed by atoms with van der Waals surface area (Å²) in [6.45, 7) is 8.75. The Morgan fingerprint density at radius 2 is 1.32 bits per heavy atom. The summed E-state index contributed by atoms with van der Waals surface area (Å²) in [7, 11) is 0. The molecule has 6 heteroatoms. The van der Waals surface area contributed by atoms with Crippen molar-refractivity contribution in [2.75, 3.05) is 13.2 Å². The van der Waals surface area contributed by atoms with Gasteiger partial charge in [-0.15, -0.1) is 0 Å². The average Bonchev–Trinajstić information content (AvgIpc) is 2.91. The molecule has 0 amide bonds. The lowest BCUT2D eigenvalue weighted by Gasteiger charge is -2.06. The van der Waals surface area contributed by atoms with Crippen molar-refractivity contribution in [3.63, 3.8) is 0 Å². The van der Waals surface area contributed by atoms with Crippen molar-refractivity contribution in [1.82, 2.24) is 0 Å². The number of esters is 2. The molecular formula is C31H27FO5. The summed E-state index contributed by atoms with van der Waals surface area (Å²) in [5, 5.41) is 0. The first-order valence-corrected chi connectivity index (χ1v) is 11.5. The van der Waals surface area contributed by atoms with E-state index in [2.05, 4.69) is 13.2 Å². The van der Waals surface area contributed by atoms with Gasteiger partial charge in [0.05, 0.1) is 0 Å². The van der Waals surface area contributed by atoms with Gasteiger partial charge >= 0.3 is 11.9 Å². The molecule has 0 N–H and O–H groups in total. The van der Waals surface area contributed by atoms with Gasteiger partial charge in [0.1, 0.15) is 19.0 Å². The molecule has 0 fully saturated rings. The topological polar surface area (TPSA) is 61.8 Å². The molecule has 0 aromatic heterocycles. The molecule has 37 heavy (non-hydrogen) atoms. The third-order valence-corrected chi connectivity index (χ3v) is 5.02. The van der Waals surface area contributed by atoms with Gasteiger partial charge in [-0.05, 0) is 53.4 Å². The molecule has 0 aliphatic carbocycles. The van der Waals surface area contributed by atoms with E-state index in [4.69, 9.17) is 14.2 Å². The number of halogens is 1. The summed E-state index contributed by atoms with van der Waals surface area (Å²) in [5.74, 6) is -1.20.